The Morgan fingerprint density at radius 3 is 2.53 bits per heavy atom. The van der Waals surface area contributed by atoms with Crippen molar-refractivity contribution >= 4 is 23.2 Å². The first-order chi connectivity index (χ1) is 14.6. The van der Waals surface area contributed by atoms with Gasteiger partial charge in [-0.2, -0.15) is 5.26 Å². The van der Waals surface area contributed by atoms with Crippen molar-refractivity contribution in [2.24, 2.45) is 0 Å². The summed E-state index contributed by atoms with van der Waals surface area (Å²) in [6, 6.07) is 16.3. The number of nitriles is 1. The fourth-order valence-electron chi connectivity index (χ4n) is 3.91. The number of hydrogen-bond donors (Lipinski definition) is 1. The third-order valence-electron chi connectivity index (χ3n) is 5.44. The maximum absolute atomic E-state index is 13.0. The first kappa shape index (κ1) is 19.8. The molecule has 30 heavy (non-hydrogen) atoms. The van der Waals surface area contributed by atoms with E-state index in [1.54, 1.807) is 24.3 Å². The molecule has 2 heterocycles. The second kappa shape index (κ2) is 8.87. The van der Waals surface area contributed by atoms with Crippen LogP contribution in [0.1, 0.15) is 24.8 Å². The molecule has 4 rings (SSSR count). The van der Waals surface area contributed by atoms with Gasteiger partial charge in [-0.15, -0.1) is 0 Å². The van der Waals surface area contributed by atoms with Gasteiger partial charge in [0.25, 0.3) is 5.91 Å². The summed E-state index contributed by atoms with van der Waals surface area (Å²) in [4.78, 5) is 29.4. The molecule has 7 nitrogen and oxygen atoms in total. The number of rotatable bonds is 4. The fraction of sp³-hybridized carbons (Fsp3) is 0.348. The number of nitrogens with one attached hydrogen (secondary N) is 1. The van der Waals surface area contributed by atoms with Gasteiger partial charge in [0, 0.05) is 18.8 Å². The molecule has 0 aliphatic carbocycles. The lowest BCUT2D eigenvalue weighted by atomic mass is 10.1. The summed E-state index contributed by atoms with van der Waals surface area (Å²) in [7, 11) is 0. The number of amides is 2. The molecule has 2 aromatic rings. The van der Waals surface area contributed by atoms with E-state index in [-0.39, 0.29) is 18.4 Å². The Hall–Kier alpha value is -3.53. The van der Waals surface area contributed by atoms with Crippen LogP contribution in [0.5, 0.6) is 5.75 Å². The van der Waals surface area contributed by atoms with Gasteiger partial charge in [0.1, 0.15) is 5.75 Å². The molecule has 7 heteroatoms. The quantitative estimate of drug-likeness (QED) is 0.847. The number of carbonyl (C=O) groups excluding carboxylic acids is 2. The molecular weight excluding hydrogens is 380 g/mol. The molecule has 0 aromatic heterocycles. The van der Waals surface area contributed by atoms with Gasteiger partial charge in [-0.25, -0.2) is 0 Å². The lowest BCUT2D eigenvalue weighted by Gasteiger charge is -2.38. The van der Waals surface area contributed by atoms with Crippen LogP contribution in [0.15, 0.2) is 48.5 Å². The van der Waals surface area contributed by atoms with E-state index in [1.807, 2.05) is 34.1 Å². The van der Waals surface area contributed by atoms with Gasteiger partial charge in [0.2, 0.25) is 5.91 Å². The summed E-state index contributed by atoms with van der Waals surface area (Å²) in [5, 5.41) is 11.7. The summed E-state index contributed by atoms with van der Waals surface area (Å²) < 4.78 is 6.01. The van der Waals surface area contributed by atoms with Crippen molar-refractivity contribution in [3.05, 3.63) is 54.1 Å². The van der Waals surface area contributed by atoms with Crippen molar-refractivity contribution in [3.8, 4) is 11.8 Å². The summed E-state index contributed by atoms with van der Waals surface area (Å²) in [5.74, 6) is 0.410. The first-order valence-electron chi connectivity index (χ1n) is 10.2. The highest BCUT2D eigenvalue weighted by Gasteiger charge is 2.34. The number of para-hydroxylation sites is 2. The fourth-order valence-corrected chi connectivity index (χ4v) is 3.91. The summed E-state index contributed by atoms with van der Waals surface area (Å²) >= 11 is 0. The molecule has 1 N–H and O–H groups in total. The molecule has 1 atom stereocenters. The normalized spacial score (nSPS) is 18.0. The highest BCUT2D eigenvalue weighted by molar-refractivity contribution is 5.95. The minimum Gasteiger partial charge on any atom is -0.477 e. The second-order valence-corrected chi connectivity index (χ2v) is 7.58. The van der Waals surface area contributed by atoms with Crippen LogP contribution in [-0.2, 0) is 9.59 Å². The third-order valence-corrected chi connectivity index (χ3v) is 5.44. The predicted molar refractivity (Wildman–Crippen MR) is 113 cm³/mol. The molecular formula is C23H24N4O3. The number of anilines is 2. The van der Waals surface area contributed by atoms with Crippen LogP contribution >= 0.6 is 0 Å². The highest BCUT2D eigenvalue weighted by atomic mass is 16.5. The highest BCUT2D eigenvalue weighted by Crippen LogP contribution is 2.33. The Balaban J connectivity index is 1.47. The molecule has 0 bridgehead atoms. The van der Waals surface area contributed by atoms with Crippen LogP contribution in [0, 0.1) is 11.3 Å². The average molecular weight is 404 g/mol. The number of ether oxygens (including phenoxy) is 1. The van der Waals surface area contributed by atoms with Crippen molar-refractivity contribution in [3.63, 3.8) is 0 Å². The van der Waals surface area contributed by atoms with E-state index >= 15 is 0 Å². The number of fused-ring (bicyclic) bond motifs is 1. The molecule has 0 saturated carbocycles. The van der Waals surface area contributed by atoms with Crippen molar-refractivity contribution < 1.29 is 14.3 Å². The molecule has 1 fully saturated rings. The maximum Gasteiger partial charge on any atom is 0.265 e. The van der Waals surface area contributed by atoms with Crippen LogP contribution in [0.4, 0.5) is 11.4 Å². The van der Waals surface area contributed by atoms with Gasteiger partial charge in [-0.1, -0.05) is 12.1 Å². The Kier molecular flexibility index (Phi) is 5.84. The van der Waals surface area contributed by atoms with E-state index in [9.17, 15) is 9.59 Å². The van der Waals surface area contributed by atoms with Gasteiger partial charge in [0.15, 0.2) is 6.10 Å². The molecule has 154 valence electrons. The monoisotopic (exact) mass is 404 g/mol. The number of piperidine rings is 1. The van der Waals surface area contributed by atoms with Crippen molar-refractivity contribution in [2.45, 2.75) is 25.4 Å². The maximum atomic E-state index is 13.0. The van der Waals surface area contributed by atoms with Crippen LogP contribution in [0.25, 0.3) is 0 Å². The first-order valence-corrected chi connectivity index (χ1v) is 10.2. The smallest absolute Gasteiger partial charge is 0.265 e. The summed E-state index contributed by atoms with van der Waals surface area (Å²) in [6.07, 6.45) is 2.57. The van der Waals surface area contributed by atoms with Crippen molar-refractivity contribution in [2.75, 3.05) is 36.4 Å². The number of nitrogens with zero attached hydrogens (tertiary/aromatic N) is 3. The molecule has 0 unspecified atom stereocenters. The summed E-state index contributed by atoms with van der Waals surface area (Å²) in [5.41, 5.74) is 1.96. The van der Waals surface area contributed by atoms with E-state index in [4.69, 9.17) is 10.00 Å². The number of hydrogen-bond acceptors (Lipinski definition) is 5. The van der Waals surface area contributed by atoms with E-state index in [2.05, 4.69) is 11.4 Å². The lowest BCUT2D eigenvalue weighted by Crippen LogP contribution is -2.52. The van der Waals surface area contributed by atoms with Gasteiger partial charge < -0.3 is 19.9 Å². The van der Waals surface area contributed by atoms with Gasteiger partial charge >= 0.3 is 0 Å². The topological polar surface area (TPSA) is 85.7 Å². The van der Waals surface area contributed by atoms with Crippen LogP contribution in [0.3, 0.4) is 0 Å². The zero-order valence-electron chi connectivity index (χ0n) is 16.7. The van der Waals surface area contributed by atoms with Gasteiger partial charge in [-0.3, -0.25) is 9.59 Å². The Bertz CT molecular complexity index is 961. The second-order valence-electron chi connectivity index (χ2n) is 7.58. The minimum atomic E-state index is -0.624. The largest absolute Gasteiger partial charge is 0.477 e. The van der Waals surface area contributed by atoms with Crippen LogP contribution in [0.2, 0.25) is 0 Å². The average Bonchev–Trinajstić information content (AvgIpc) is 2.79. The van der Waals surface area contributed by atoms with Crippen LogP contribution < -0.4 is 15.0 Å². The molecule has 0 spiro atoms. The van der Waals surface area contributed by atoms with E-state index in [0.717, 1.165) is 38.0 Å². The zero-order valence-corrected chi connectivity index (χ0v) is 16.7. The SMILES string of the molecule is N#Cc1ccc(NC(=O)CN2C[C@H](C(=O)N3CCCCC3)Oc3ccccc32)cc1. The van der Waals surface area contributed by atoms with E-state index in [1.165, 1.54) is 0 Å². The number of likely N-dealkylation sites (tertiary alicyclic amines) is 1. The minimum absolute atomic E-state index is 0.0123. The molecule has 1 saturated heterocycles. The zero-order chi connectivity index (χ0) is 20.9. The number of benzene rings is 2. The van der Waals surface area contributed by atoms with E-state index in [0.29, 0.717) is 23.5 Å². The standard InChI is InChI=1S/C23H24N4O3/c24-14-17-8-10-18(11-9-17)25-22(28)16-27-15-21(23(29)26-12-4-1-5-13-26)30-20-7-3-2-6-19(20)27/h2-3,6-11,21H,1,4-5,12-13,15-16H2,(H,25,28)/t21-/m1/s1. The molecule has 2 aliphatic heterocycles. The van der Waals surface area contributed by atoms with Crippen molar-refractivity contribution in [1.29, 1.82) is 5.26 Å². The molecule has 2 aromatic carbocycles. The lowest BCUT2D eigenvalue weighted by molar-refractivity contribution is -0.139. The Labute approximate surface area is 175 Å². The Morgan fingerprint density at radius 1 is 1.07 bits per heavy atom. The molecule has 0 radical (unpaired) electrons. The summed E-state index contributed by atoms with van der Waals surface area (Å²) in [6.45, 7) is 1.95. The molecule has 2 aliphatic rings. The van der Waals surface area contributed by atoms with E-state index < -0.39 is 6.10 Å². The molecule has 2 amide bonds. The third kappa shape index (κ3) is 4.38. The van der Waals surface area contributed by atoms with Gasteiger partial charge in [0.05, 0.1) is 30.4 Å². The Morgan fingerprint density at radius 2 is 1.80 bits per heavy atom. The predicted octanol–water partition coefficient (Wildman–Crippen LogP) is 2.78. The van der Waals surface area contributed by atoms with Crippen molar-refractivity contribution in [1.82, 2.24) is 4.90 Å². The van der Waals surface area contributed by atoms with Gasteiger partial charge in [-0.05, 0) is 55.7 Å². The van der Waals surface area contributed by atoms with Crippen LogP contribution in [-0.4, -0.2) is 49.0 Å². The number of carbonyl (C=O) groups is 2.